The average molecular weight is 298 g/mol. The molecule has 102 valence electrons. The number of aromatic nitrogens is 3. The van der Waals surface area contributed by atoms with E-state index in [1.165, 1.54) is 6.20 Å². The summed E-state index contributed by atoms with van der Waals surface area (Å²) in [7, 11) is 1.64. The van der Waals surface area contributed by atoms with Gasteiger partial charge in [-0.25, -0.2) is 23.1 Å². The van der Waals surface area contributed by atoms with Crippen LogP contribution in [0.15, 0.2) is 24.5 Å². The monoisotopic (exact) mass is 297 g/mol. The summed E-state index contributed by atoms with van der Waals surface area (Å²) in [5.41, 5.74) is 0.692. The number of aryl methyl sites for hydroxylation is 1. The summed E-state index contributed by atoms with van der Waals surface area (Å²) in [4.78, 5) is 7.33. The van der Waals surface area contributed by atoms with Gasteiger partial charge in [-0.15, -0.1) is 0 Å². The largest absolute Gasteiger partial charge is 0.350 e. The normalized spacial score (nSPS) is 11.2. The molecule has 0 spiro atoms. The van der Waals surface area contributed by atoms with Gasteiger partial charge < -0.3 is 4.57 Å². The fourth-order valence-corrected chi connectivity index (χ4v) is 2.23. The molecule has 0 N–H and O–H groups in total. The van der Waals surface area contributed by atoms with Crippen molar-refractivity contribution in [1.29, 1.82) is 0 Å². The average Bonchev–Trinajstić information content (AvgIpc) is 2.70. The number of benzene rings is 1. The lowest BCUT2D eigenvalue weighted by Crippen LogP contribution is -1.92. The van der Waals surface area contributed by atoms with E-state index in [0.29, 0.717) is 16.5 Å². The number of halogens is 4. The van der Waals surface area contributed by atoms with Crippen LogP contribution >= 0.6 is 11.6 Å². The van der Waals surface area contributed by atoms with Gasteiger partial charge in [0.1, 0.15) is 5.69 Å². The lowest BCUT2D eigenvalue weighted by molar-refractivity contribution is 0.510. The molecule has 3 aromatic rings. The molecule has 1 aromatic carbocycles. The van der Waals surface area contributed by atoms with E-state index in [2.05, 4.69) is 9.97 Å². The van der Waals surface area contributed by atoms with Gasteiger partial charge in [-0.05, 0) is 17.7 Å². The van der Waals surface area contributed by atoms with E-state index in [1.807, 2.05) is 0 Å². The maximum Gasteiger partial charge on any atom is 0.223 e. The minimum Gasteiger partial charge on any atom is -0.350 e. The van der Waals surface area contributed by atoms with Crippen molar-refractivity contribution in [2.45, 2.75) is 0 Å². The van der Waals surface area contributed by atoms with Crippen LogP contribution < -0.4 is 0 Å². The first-order chi connectivity index (χ1) is 9.47. The Balaban J connectivity index is 2.37. The van der Waals surface area contributed by atoms with Gasteiger partial charge in [0.25, 0.3) is 0 Å². The van der Waals surface area contributed by atoms with Crippen LogP contribution in [0.1, 0.15) is 0 Å². The fraction of sp³-hybridized carbons (Fsp3) is 0.0769. The summed E-state index contributed by atoms with van der Waals surface area (Å²) in [5.74, 6) is -2.66. The van der Waals surface area contributed by atoms with Crippen LogP contribution in [0.3, 0.4) is 0 Å². The molecule has 0 aliphatic carbocycles. The second-order valence-corrected chi connectivity index (χ2v) is 4.61. The van der Waals surface area contributed by atoms with Crippen molar-refractivity contribution < 1.29 is 13.2 Å². The van der Waals surface area contributed by atoms with Crippen LogP contribution in [-0.4, -0.2) is 14.5 Å². The van der Waals surface area contributed by atoms with Crippen LogP contribution in [0.2, 0.25) is 5.28 Å². The lowest BCUT2D eigenvalue weighted by atomic mass is 10.1. The van der Waals surface area contributed by atoms with Gasteiger partial charge in [-0.3, -0.25) is 0 Å². The van der Waals surface area contributed by atoms with E-state index < -0.39 is 17.5 Å². The minimum atomic E-state index is -1.01. The van der Waals surface area contributed by atoms with E-state index in [4.69, 9.17) is 11.6 Å². The summed E-state index contributed by atoms with van der Waals surface area (Å²) in [6, 6.07) is 2.06. The first kappa shape index (κ1) is 12.9. The molecule has 3 rings (SSSR count). The summed E-state index contributed by atoms with van der Waals surface area (Å²) in [6.07, 6.45) is 2.47. The molecule has 0 aliphatic heterocycles. The molecule has 20 heavy (non-hydrogen) atoms. The van der Waals surface area contributed by atoms with Crippen molar-refractivity contribution in [3.05, 3.63) is 47.3 Å². The molecule has 0 saturated heterocycles. The van der Waals surface area contributed by atoms with Crippen LogP contribution in [0, 0.1) is 17.5 Å². The number of hydrogen-bond acceptors (Lipinski definition) is 2. The highest BCUT2D eigenvalue weighted by Gasteiger charge is 2.17. The Morgan fingerprint density at radius 3 is 2.55 bits per heavy atom. The second-order valence-electron chi connectivity index (χ2n) is 4.27. The molecule has 0 unspecified atom stereocenters. The van der Waals surface area contributed by atoms with Gasteiger partial charge in [0.2, 0.25) is 5.28 Å². The van der Waals surface area contributed by atoms with Gasteiger partial charge in [-0.2, -0.15) is 0 Å². The minimum absolute atomic E-state index is 0.0541. The van der Waals surface area contributed by atoms with Crippen LogP contribution in [0.25, 0.3) is 22.2 Å². The number of nitrogens with zero attached hydrogens (tertiary/aromatic N) is 3. The van der Waals surface area contributed by atoms with Gasteiger partial charge in [0.15, 0.2) is 17.5 Å². The SMILES string of the molecule is Cn1cc(-c2nc(Cl)ncc2F)c2cc(F)c(F)cc21. The zero-order chi connectivity index (χ0) is 14.4. The molecule has 0 aliphatic rings. The van der Waals surface area contributed by atoms with E-state index in [0.717, 1.165) is 18.3 Å². The second kappa shape index (κ2) is 4.49. The Labute approximate surface area is 116 Å². The van der Waals surface area contributed by atoms with E-state index in [-0.39, 0.29) is 11.0 Å². The van der Waals surface area contributed by atoms with Gasteiger partial charge in [-0.1, -0.05) is 0 Å². The third-order valence-electron chi connectivity index (χ3n) is 3.00. The molecular formula is C13H7ClF3N3. The van der Waals surface area contributed by atoms with E-state index >= 15 is 0 Å². The van der Waals surface area contributed by atoms with Gasteiger partial charge in [0.05, 0.1) is 11.7 Å². The molecule has 0 saturated carbocycles. The van der Waals surface area contributed by atoms with Crippen LogP contribution in [-0.2, 0) is 7.05 Å². The molecule has 0 radical (unpaired) electrons. The molecule has 0 fully saturated rings. The third kappa shape index (κ3) is 1.92. The maximum atomic E-state index is 13.8. The van der Waals surface area contributed by atoms with Gasteiger partial charge in [0, 0.05) is 30.3 Å². The molecule has 7 heteroatoms. The first-order valence-electron chi connectivity index (χ1n) is 5.60. The highest BCUT2D eigenvalue weighted by molar-refractivity contribution is 6.28. The molecule has 2 aromatic heterocycles. The van der Waals surface area contributed by atoms with Crippen molar-refractivity contribution in [2.24, 2.45) is 7.05 Å². The van der Waals surface area contributed by atoms with Crippen molar-refractivity contribution in [1.82, 2.24) is 14.5 Å². The predicted octanol–water partition coefficient (Wildman–Crippen LogP) is 3.71. The van der Waals surface area contributed by atoms with E-state index in [9.17, 15) is 13.2 Å². The summed E-state index contributed by atoms with van der Waals surface area (Å²) in [6.45, 7) is 0. The van der Waals surface area contributed by atoms with Crippen molar-refractivity contribution in [2.75, 3.05) is 0 Å². The molecule has 0 bridgehead atoms. The number of hydrogen-bond donors (Lipinski definition) is 0. The van der Waals surface area contributed by atoms with Gasteiger partial charge >= 0.3 is 0 Å². The van der Waals surface area contributed by atoms with Crippen molar-refractivity contribution in [3.63, 3.8) is 0 Å². The predicted molar refractivity (Wildman–Crippen MR) is 68.8 cm³/mol. The van der Waals surface area contributed by atoms with Crippen LogP contribution in [0.4, 0.5) is 13.2 Å². The molecule has 2 heterocycles. The van der Waals surface area contributed by atoms with Crippen LogP contribution in [0.5, 0.6) is 0 Å². The van der Waals surface area contributed by atoms with E-state index in [1.54, 1.807) is 11.6 Å². The first-order valence-corrected chi connectivity index (χ1v) is 5.97. The highest BCUT2D eigenvalue weighted by atomic mass is 35.5. The fourth-order valence-electron chi connectivity index (χ4n) is 2.10. The molecule has 0 atom stereocenters. The zero-order valence-corrected chi connectivity index (χ0v) is 10.9. The lowest BCUT2D eigenvalue weighted by Gasteiger charge is -2.01. The Morgan fingerprint density at radius 1 is 1.10 bits per heavy atom. The third-order valence-corrected chi connectivity index (χ3v) is 3.18. The highest BCUT2D eigenvalue weighted by Crippen LogP contribution is 2.32. The Hall–Kier alpha value is -2.08. The Kier molecular flexibility index (Phi) is 2.90. The summed E-state index contributed by atoms with van der Waals surface area (Å²) < 4.78 is 42.0. The molecule has 0 amide bonds. The number of rotatable bonds is 1. The van der Waals surface area contributed by atoms with Crippen molar-refractivity contribution in [3.8, 4) is 11.3 Å². The zero-order valence-electron chi connectivity index (χ0n) is 10.2. The number of fused-ring (bicyclic) bond motifs is 1. The maximum absolute atomic E-state index is 13.8. The summed E-state index contributed by atoms with van der Waals surface area (Å²) in [5, 5.41) is 0.223. The van der Waals surface area contributed by atoms with Crippen molar-refractivity contribution >= 4 is 22.5 Å². The molecular weight excluding hydrogens is 291 g/mol. The smallest absolute Gasteiger partial charge is 0.223 e. The standard InChI is InChI=1S/C13H7ClF3N3/c1-20-5-7(12-10(17)4-18-13(14)19-12)6-2-8(15)9(16)3-11(6)20/h2-5H,1H3. The Morgan fingerprint density at radius 2 is 1.80 bits per heavy atom. The Bertz CT molecular complexity index is 829. The topological polar surface area (TPSA) is 30.7 Å². The molecule has 3 nitrogen and oxygen atoms in total. The quantitative estimate of drug-likeness (QED) is 0.641. The summed E-state index contributed by atoms with van der Waals surface area (Å²) >= 11 is 5.65.